The molecule has 0 spiro atoms. The third kappa shape index (κ3) is 5.46. The third-order valence-electron chi connectivity index (χ3n) is 6.80. The average molecular weight is 529 g/mol. The van der Waals surface area contributed by atoms with Crippen LogP contribution in [0.15, 0.2) is 79.3 Å². The van der Waals surface area contributed by atoms with Crippen LogP contribution < -0.4 is 10.1 Å². The lowest BCUT2D eigenvalue weighted by Gasteiger charge is -2.26. The molecule has 0 bridgehead atoms. The van der Waals surface area contributed by atoms with Gasteiger partial charge in [-0.1, -0.05) is 30.3 Å². The van der Waals surface area contributed by atoms with E-state index in [4.69, 9.17) is 4.74 Å². The van der Waals surface area contributed by atoms with Gasteiger partial charge in [0.2, 0.25) is 0 Å². The first-order valence-corrected chi connectivity index (χ1v) is 14.4. The quantitative estimate of drug-likeness (QED) is 0.324. The summed E-state index contributed by atoms with van der Waals surface area (Å²) < 4.78 is 31.3. The second-order valence-electron chi connectivity index (χ2n) is 9.43. The number of hydrogen-bond acceptors (Lipinski definition) is 8. The van der Waals surface area contributed by atoms with Crippen LogP contribution in [0.5, 0.6) is 5.75 Å². The first-order valence-electron chi connectivity index (χ1n) is 12.6. The molecular formula is C28H28N6O3S. The molecule has 5 aromatic rings. The Bertz CT molecular complexity index is 1670. The van der Waals surface area contributed by atoms with E-state index in [0.29, 0.717) is 38.6 Å². The van der Waals surface area contributed by atoms with Crippen molar-refractivity contribution in [3.05, 3.63) is 84.8 Å². The van der Waals surface area contributed by atoms with Gasteiger partial charge in [0.1, 0.15) is 24.5 Å². The van der Waals surface area contributed by atoms with Gasteiger partial charge in [0.15, 0.2) is 9.84 Å². The highest BCUT2D eigenvalue weighted by atomic mass is 32.2. The fraction of sp³-hybridized carbons (Fsp3) is 0.250. The minimum absolute atomic E-state index is 0.217. The lowest BCUT2D eigenvalue weighted by Crippen LogP contribution is -2.42. The van der Waals surface area contributed by atoms with Crippen molar-refractivity contribution < 1.29 is 13.2 Å². The molecule has 0 amide bonds. The summed E-state index contributed by atoms with van der Waals surface area (Å²) in [6.45, 7) is 2.99. The lowest BCUT2D eigenvalue weighted by molar-refractivity contribution is 0.220. The zero-order valence-corrected chi connectivity index (χ0v) is 21.6. The van der Waals surface area contributed by atoms with Gasteiger partial charge in [-0.15, -0.1) is 0 Å². The van der Waals surface area contributed by atoms with E-state index in [1.54, 1.807) is 6.33 Å². The molecule has 0 unspecified atom stereocenters. The summed E-state index contributed by atoms with van der Waals surface area (Å²) in [7, 11) is -2.88. The van der Waals surface area contributed by atoms with Gasteiger partial charge in [-0.05, 0) is 42.0 Å². The van der Waals surface area contributed by atoms with Crippen LogP contribution in [0.2, 0.25) is 0 Å². The van der Waals surface area contributed by atoms with E-state index in [-0.39, 0.29) is 11.5 Å². The van der Waals surface area contributed by atoms with Crippen molar-refractivity contribution in [3.8, 4) is 5.75 Å². The Morgan fingerprint density at radius 3 is 2.63 bits per heavy atom. The maximum Gasteiger partial charge on any atom is 0.152 e. The molecule has 0 radical (unpaired) electrons. The standard InChI is InChI=1S/C28H28N6O3S/c35-38(36)14-11-33(12-15-38)10-13-37-24-7-8-26-25(17-24)28(30-20-29-26)32-23-6-9-27-22(16-23)18-31-34(27)19-21-4-2-1-3-5-21/h1-9,16-18,20H,10-15,19H2,(H,29,30,32). The maximum absolute atomic E-state index is 11.6. The Kier molecular flexibility index (Phi) is 6.65. The molecule has 1 aliphatic rings. The van der Waals surface area contributed by atoms with Crippen LogP contribution in [0.25, 0.3) is 21.8 Å². The number of rotatable bonds is 8. The Labute approximate surface area is 221 Å². The van der Waals surface area contributed by atoms with Gasteiger partial charge in [-0.3, -0.25) is 9.58 Å². The number of nitrogens with zero attached hydrogens (tertiary/aromatic N) is 5. The summed E-state index contributed by atoms with van der Waals surface area (Å²) >= 11 is 0. The Morgan fingerprint density at radius 1 is 0.947 bits per heavy atom. The maximum atomic E-state index is 11.6. The number of fused-ring (bicyclic) bond motifs is 2. The summed E-state index contributed by atoms with van der Waals surface area (Å²) in [5.41, 5.74) is 3.99. The summed E-state index contributed by atoms with van der Waals surface area (Å²) in [6.07, 6.45) is 3.43. The lowest BCUT2D eigenvalue weighted by atomic mass is 10.2. The average Bonchev–Trinajstić information content (AvgIpc) is 3.32. The molecule has 1 saturated heterocycles. The van der Waals surface area contributed by atoms with E-state index in [2.05, 4.69) is 49.5 Å². The van der Waals surface area contributed by atoms with Crippen molar-refractivity contribution in [2.24, 2.45) is 0 Å². The van der Waals surface area contributed by atoms with Crippen LogP contribution in [0.3, 0.4) is 0 Å². The largest absolute Gasteiger partial charge is 0.492 e. The number of anilines is 2. The fourth-order valence-electron chi connectivity index (χ4n) is 4.68. The highest BCUT2D eigenvalue weighted by molar-refractivity contribution is 7.91. The fourth-order valence-corrected chi connectivity index (χ4v) is 5.95. The normalized spacial score (nSPS) is 15.6. The van der Waals surface area contributed by atoms with Gasteiger partial charge in [-0.25, -0.2) is 18.4 Å². The predicted molar refractivity (Wildman–Crippen MR) is 149 cm³/mol. The molecule has 38 heavy (non-hydrogen) atoms. The van der Waals surface area contributed by atoms with Gasteiger partial charge in [0.05, 0.1) is 35.3 Å². The van der Waals surface area contributed by atoms with Crippen LogP contribution in [-0.4, -0.2) is 70.8 Å². The van der Waals surface area contributed by atoms with Crippen LogP contribution in [0, 0.1) is 0 Å². The van der Waals surface area contributed by atoms with Crippen molar-refractivity contribution in [3.63, 3.8) is 0 Å². The highest BCUT2D eigenvalue weighted by Gasteiger charge is 2.21. The van der Waals surface area contributed by atoms with E-state index >= 15 is 0 Å². The van der Waals surface area contributed by atoms with Crippen molar-refractivity contribution in [1.29, 1.82) is 0 Å². The van der Waals surface area contributed by atoms with Gasteiger partial charge in [-0.2, -0.15) is 5.10 Å². The summed E-state index contributed by atoms with van der Waals surface area (Å²) in [6, 6.07) is 22.2. The molecular weight excluding hydrogens is 500 g/mol. The Hall–Kier alpha value is -4.02. The second kappa shape index (κ2) is 10.4. The van der Waals surface area contributed by atoms with Gasteiger partial charge >= 0.3 is 0 Å². The summed E-state index contributed by atoms with van der Waals surface area (Å²) in [5, 5.41) is 9.91. The SMILES string of the molecule is O=S1(=O)CCN(CCOc2ccc3ncnc(Nc4ccc5c(cnn5Cc5ccccc5)c4)c3c2)CC1. The van der Waals surface area contributed by atoms with Crippen molar-refractivity contribution >= 4 is 43.1 Å². The van der Waals surface area contributed by atoms with E-state index in [1.807, 2.05) is 53.3 Å². The number of nitrogens with one attached hydrogen (secondary N) is 1. The van der Waals surface area contributed by atoms with Gasteiger partial charge in [0.25, 0.3) is 0 Å². The molecule has 3 aromatic carbocycles. The van der Waals surface area contributed by atoms with E-state index in [1.165, 1.54) is 5.56 Å². The monoisotopic (exact) mass is 528 g/mol. The van der Waals surface area contributed by atoms with Gasteiger partial charge < -0.3 is 10.1 Å². The topological polar surface area (TPSA) is 102 Å². The summed E-state index contributed by atoms with van der Waals surface area (Å²) in [5.74, 6) is 1.85. The van der Waals surface area contributed by atoms with E-state index < -0.39 is 9.84 Å². The highest BCUT2D eigenvalue weighted by Crippen LogP contribution is 2.28. The minimum atomic E-state index is -2.88. The summed E-state index contributed by atoms with van der Waals surface area (Å²) in [4.78, 5) is 11.0. The number of sulfone groups is 1. The molecule has 10 heteroatoms. The molecule has 1 fully saturated rings. The van der Waals surface area contributed by atoms with E-state index in [9.17, 15) is 8.42 Å². The zero-order valence-electron chi connectivity index (χ0n) is 20.8. The molecule has 3 heterocycles. The number of ether oxygens (including phenoxy) is 1. The Morgan fingerprint density at radius 2 is 1.79 bits per heavy atom. The first kappa shape index (κ1) is 24.3. The number of aromatic nitrogens is 4. The molecule has 6 rings (SSSR count). The number of hydrogen-bond donors (Lipinski definition) is 1. The van der Waals surface area contributed by atoms with Crippen molar-refractivity contribution in [2.45, 2.75) is 6.54 Å². The van der Waals surface area contributed by atoms with Crippen molar-refractivity contribution in [2.75, 3.05) is 43.1 Å². The second-order valence-corrected chi connectivity index (χ2v) is 11.7. The van der Waals surface area contributed by atoms with Crippen LogP contribution in [0.4, 0.5) is 11.5 Å². The molecule has 2 aromatic heterocycles. The Balaban J connectivity index is 1.16. The smallest absolute Gasteiger partial charge is 0.152 e. The minimum Gasteiger partial charge on any atom is -0.492 e. The molecule has 0 saturated carbocycles. The predicted octanol–water partition coefficient (Wildman–Crippen LogP) is 3.88. The van der Waals surface area contributed by atoms with Crippen LogP contribution >= 0.6 is 0 Å². The van der Waals surface area contributed by atoms with Crippen LogP contribution in [0.1, 0.15) is 5.56 Å². The molecule has 9 nitrogen and oxygen atoms in total. The molecule has 194 valence electrons. The van der Waals surface area contributed by atoms with E-state index in [0.717, 1.165) is 33.2 Å². The third-order valence-corrected chi connectivity index (χ3v) is 8.41. The molecule has 0 aliphatic carbocycles. The zero-order chi connectivity index (χ0) is 26.0. The molecule has 0 atom stereocenters. The van der Waals surface area contributed by atoms with Gasteiger partial charge in [0, 0.05) is 36.1 Å². The number of benzene rings is 3. The van der Waals surface area contributed by atoms with Crippen LogP contribution in [-0.2, 0) is 16.4 Å². The molecule has 1 N–H and O–H groups in total. The first-order chi connectivity index (χ1) is 18.5. The van der Waals surface area contributed by atoms with Crippen molar-refractivity contribution in [1.82, 2.24) is 24.6 Å². The molecule has 1 aliphatic heterocycles.